The van der Waals surface area contributed by atoms with Gasteiger partial charge in [0.1, 0.15) is 16.9 Å². The second-order valence-corrected chi connectivity index (χ2v) is 10.8. The molecule has 7 N–H and O–H groups in total. The number of fused-ring (bicyclic) bond motifs is 1. The molecule has 2 heterocycles. The minimum atomic E-state index is -1.17. The number of benzene rings is 2. The lowest BCUT2D eigenvalue weighted by Gasteiger charge is -2.28. The van der Waals surface area contributed by atoms with Crippen molar-refractivity contribution in [3.63, 3.8) is 0 Å². The van der Waals surface area contributed by atoms with E-state index in [0.717, 1.165) is 10.2 Å². The number of amides is 1. The molecule has 1 aliphatic carbocycles. The van der Waals surface area contributed by atoms with Crippen molar-refractivity contribution in [1.82, 2.24) is 15.0 Å². The summed E-state index contributed by atoms with van der Waals surface area (Å²) in [4.78, 5) is 25.4. The lowest BCUT2D eigenvalue weighted by atomic mass is 9.88. The van der Waals surface area contributed by atoms with Crippen LogP contribution in [0.15, 0.2) is 54.7 Å². The standard InChI is InChI=1S/C26H28N6O4S/c1-26(2,36)16-11-18(21(34)20(16)33)30-23-15(24-31-17-8-3-4-9-19(17)37-24)12-28-25(32-23)29-14-7-5-6-13(10-14)22(27)35/h3-10,12,16,18,20-21,33-34,36H,11H2,1-2H3,(H2,27,35)(H2,28,29,30,32)/t16-,18+,20+,21-/m0/s1. The molecule has 4 aromatic rings. The first kappa shape index (κ1) is 25.0. The Kier molecular flexibility index (Phi) is 6.54. The average molecular weight is 521 g/mol. The van der Waals surface area contributed by atoms with E-state index in [1.54, 1.807) is 44.3 Å². The summed E-state index contributed by atoms with van der Waals surface area (Å²) >= 11 is 1.49. The number of primary amides is 1. The van der Waals surface area contributed by atoms with Crippen LogP contribution in [0.1, 0.15) is 30.6 Å². The Bertz CT molecular complexity index is 1420. The molecule has 1 amide bonds. The van der Waals surface area contributed by atoms with Gasteiger partial charge in [0.2, 0.25) is 11.9 Å². The molecule has 5 rings (SSSR count). The summed E-state index contributed by atoms with van der Waals surface area (Å²) in [6, 6.07) is 13.9. The van der Waals surface area contributed by atoms with Gasteiger partial charge in [0.15, 0.2) is 0 Å². The highest BCUT2D eigenvalue weighted by Gasteiger charge is 2.47. The zero-order valence-electron chi connectivity index (χ0n) is 20.3. The van der Waals surface area contributed by atoms with E-state index in [1.165, 1.54) is 11.3 Å². The highest BCUT2D eigenvalue weighted by Crippen LogP contribution is 2.39. The summed E-state index contributed by atoms with van der Waals surface area (Å²) < 4.78 is 1.01. The number of hydrogen-bond donors (Lipinski definition) is 6. The van der Waals surface area contributed by atoms with Crippen LogP contribution in [0.2, 0.25) is 0 Å². The normalized spacial score (nSPS) is 21.8. The lowest BCUT2D eigenvalue weighted by Crippen LogP contribution is -2.40. The SMILES string of the molecule is CC(C)(O)[C@H]1C[C@@H](Nc2nc(Nc3cccc(C(N)=O)c3)ncc2-c2nc3ccccc3s2)[C@H](O)[C@@H]1O. The maximum Gasteiger partial charge on any atom is 0.248 e. The van der Waals surface area contributed by atoms with Gasteiger partial charge < -0.3 is 31.7 Å². The highest BCUT2D eigenvalue weighted by molar-refractivity contribution is 7.21. The number of nitrogens with two attached hydrogens (primary N) is 1. The molecule has 4 atom stereocenters. The number of para-hydroxylation sites is 1. The smallest absolute Gasteiger partial charge is 0.248 e. The average Bonchev–Trinajstić information content (AvgIpc) is 3.41. The van der Waals surface area contributed by atoms with Gasteiger partial charge in [-0.2, -0.15) is 4.98 Å². The van der Waals surface area contributed by atoms with Gasteiger partial charge in [-0.3, -0.25) is 4.79 Å². The van der Waals surface area contributed by atoms with Crippen LogP contribution in [0.25, 0.3) is 20.8 Å². The minimum Gasteiger partial charge on any atom is -0.390 e. The molecule has 37 heavy (non-hydrogen) atoms. The Labute approximate surface area is 217 Å². The van der Waals surface area contributed by atoms with Gasteiger partial charge in [-0.1, -0.05) is 18.2 Å². The number of aliphatic hydroxyl groups excluding tert-OH is 2. The van der Waals surface area contributed by atoms with E-state index in [9.17, 15) is 20.1 Å². The zero-order valence-corrected chi connectivity index (χ0v) is 21.1. The van der Waals surface area contributed by atoms with Crippen molar-refractivity contribution in [3.05, 3.63) is 60.3 Å². The second-order valence-electron chi connectivity index (χ2n) is 9.74. The molecule has 0 bridgehead atoms. The highest BCUT2D eigenvalue weighted by atomic mass is 32.1. The van der Waals surface area contributed by atoms with Gasteiger partial charge >= 0.3 is 0 Å². The number of aliphatic hydroxyl groups is 3. The van der Waals surface area contributed by atoms with Crippen LogP contribution in [-0.2, 0) is 0 Å². The van der Waals surface area contributed by atoms with Crippen LogP contribution in [0.4, 0.5) is 17.5 Å². The molecule has 1 fully saturated rings. The molecule has 1 aliphatic rings. The summed E-state index contributed by atoms with van der Waals surface area (Å²) in [5.74, 6) is -0.411. The molecular formula is C26H28N6O4S. The van der Waals surface area contributed by atoms with Crippen molar-refractivity contribution in [1.29, 1.82) is 0 Å². The molecule has 0 aliphatic heterocycles. The lowest BCUT2D eigenvalue weighted by molar-refractivity contribution is -0.0601. The fourth-order valence-electron chi connectivity index (χ4n) is 4.63. The fraction of sp³-hybridized carbons (Fsp3) is 0.308. The van der Waals surface area contributed by atoms with E-state index >= 15 is 0 Å². The molecule has 0 unspecified atom stereocenters. The number of anilines is 3. The number of nitrogens with one attached hydrogen (secondary N) is 2. The second kappa shape index (κ2) is 9.67. The topological polar surface area (TPSA) is 167 Å². The predicted octanol–water partition coefficient (Wildman–Crippen LogP) is 2.89. The third kappa shape index (κ3) is 5.12. The Balaban J connectivity index is 1.51. The molecule has 192 valence electrons. The number of rotatable bonds is 7. The first-order chi connectivity index (χ1) is 17.6. The Morgan fingerprint density at radius 2 is 1.89 bits per heavy atom. The van der Waals surface area contributed by atoms with E-state index < -0.39 is 35.7 Å². The number of hydrogen-bond acceptors (Lipinski definition) is 10. The predicted molar refractivity (Wildman–Crippen MR) is 143 cm³/mol. The van der Waals surface area contributed by atoms with Gasteiger partial charge in [0.25, 0.3) is 0 Å². The van der Waals surface area contributed by atoms with Crippen LogP contribution < -0.4 is 16.4 Å². The van der Waals surface area contributed by atoms with E-state index in [2.05, 4.69) is 20.6 Å². The van der Waals surface area contributed by atoms with E-state index in [-0.39, 0.29) is 5.95 Å². The summed E-state index contributed by atoms with van der Waals surface area (Å²) in [5.41, 5.74) is 6.62. The van der Waals surface area contributed by atoms with Crippen LogP contribution in [0.3, 0.4) is 0 Å². The molecule has 2 aromatic carbocycles. The number of nitrogens with zero attached hydrogens (tertiary/aromatic N) is 3. The third-order valence-electron chi connectivity index (χ3n) is 6.63. The monoisotopic (exact) mass is 520 g/mol. The van der Waals surface area contributed by atoms with Crippen molar-refractivity contribution < 1.29 is 20.1 Å². The van der Waals surface area contributed by atoms with Crippen molar-refractivity contribution >= 4 is 44.9 Å². The molecule has 0 radical (unpaired) electrons. The van der Waals surface area contributed by atoms with Gasteiger partial charge in [-0.25, -0.2) is 9.97 Å². The van der Waals surface area contributed by atoms with Crippen LogP contribution >= 0.6 is 11.3 Å². The first-order valence-corrected chi connectivity index (χ1v) is 12.7. The van der Waals surface area contributed by atoms with Crippen LogP contribution in [0, 0.1) is 5.92 Å². The molecule has 2 aromatic heterocycles. The molecule has 11 heteroatoms. The first-order valence-electron chi connectivity index (χ1n) is 11.8. The molecule has 0 saturated heterocycles. The van der Waals surface area contributed by atoms with Crippen molar-refractivity contribution in [2.75, 3.05) is 10.6 Å². The maximum absolute atomic E-state index is 11.6. The Morgan fingerprint density at radius 3 is 2.59 bits per heavy atom. The number of aromatic nitrogens is 3. The van der Waals surface area contributed by atoms with Gasteiger partial charge in [0, 0.05) is 23.4 Å². The van der Waals surface area contributed by atoms with Crippen LogP contribution in [0.5, 0.6) is 0 Å². The van der Waals surface area contributed by atoms with E-state index in [0.29, 0.717) is 34.1 Å². The molecular weight excluding hydrogens is 492 g/mol. The molecule has 1 saturated carbocycles. The summed E-state index contributed by atoms with van der Waals surface area (Å²) in [6.45, 7) is 3.24. The maximum atomic E-state index is 11.6. The summed E-state index contributed by atoms with van der Waals surface area (Å²) in [7, 11) is 0. The van der Waals surface area contributed by atoms with Crippen molar-refractivity contribution in [3.8, 4) is 10.6 Å². The van der Waals surface area contributed by atoms with E-state index in [1.807, 2.05) is 24.3 Å². The van der Waals surface area contributed by atoms with Gasteiger partial charge in [-0.05, 0) is 50.6 Å². The summed E-state index contributed by atoms with van der Waals surface area (Å²) in [6.07, 6.45) is -0.241. The zero-order chi connectivity index (χ0) is 26.3. The Morgan fingerprint density at radius 1 is 1.11 bits per heavy atom. The summed E-state index contributed by atoms with van der Waals surface area (Å²) in [5, 5.41) is 38.9. The number of thiazole rings is 1. The van der Waals surface area contributed by atoms with Crippen molar-refractivity contribution in [2.24, 2.45) is 11.7 Å². The minimum absolute atomic E-state index is 0.251. The largest absolute Gasteiger partial charge is 0.390 e. The molecule has 10 nitrogen and oxygen atoms in total. The number of carbonyl (C=O) groups is 1. The Hall–Kier alpha value is -3.64. The van der Waals surface area contributed by atoms with E-state index in [4.69, 9.17) is 10.7 Å². The third-order valence-corrected chi connectivity index (χ3v) is 7.70. The quantitative estimate of drug-likeness (QED) is 0.215. The number of carbonyl (C=O) groups excluding carboxylic acids is 1. The van der Waals surface area contributed by atoms with Crippen LogP contribution in [-0.4, -0.2) is 60.0 Å². The molecule has 0 spiro atoms. The van der Waals surface area contributed by atoms with Gasteiger partial charge in [0.05, 0.1) is 33.5 Å². The van der Waals surface area contributed by atoms with Gasteiger partial charge in [-0.15, -0.1) is 11.3 Å². The van der Waals surface area contributed by atoms with Crippen molar-refractivity contribution in [2.45, 2.75) is 44.1 Å². The fourth-order valence-corrected chi connectivity index (χ4v) is 5.61.